The topological polar surface area (TPSA) is 53.1 Å². The summed E-state index contributed by atoms with van der Waals surface area (Å²) in [6.07, 6.45) is 1.91. The fourth-order valence-corrected chi connectivity index (χ4v) is 0.695. The lowest BCUT2D eigenvalue weighted by atomic mass is 10.4. The highest BCUT2D eigenvalue weighted by Gasteiger charge is 2.11. The maximum Gasteiger partial charge on any atom is 0.110 e. The van der Waals surface area contributed by atoms with Crippen LogP contribution in [0.15, 0.2) is 0 Å². The van der Waals surface area contributed by atoms with Gasteiger partial charge in [0, 0.05) is 13.0 Å². The minimum atomic E-state index is 0.569. The predicted octanol–water partition coefficient (Wildman–Crippen LogP) is -0.0668. The second-order valence-corrected chi connectivity index (χ2v) is 1.74. The third-order valence-electron chi connectivity index (χ3n) is 1.16. The van der Waals surface area contributed by atoms with Gasteiger partial charge in [-0.2, -0.15) is 0 Å². The van der Waals surface area contributed by atoms with E-state index >= 15 is 0 Å². The van der Waals surface area contributed by atoms with E-state index in [2.05, 4.69) is 0 Å². The first-order valence-corrected chi connectivity index (χ1v) is 2.40. The van der Waals surface area contributed by atoms with Crippen molar-refractivity contribution >= 4 is 5.84 Å². The molecule has 0 aliphatic carbocycles. The molecule has 0 bridgehead atoms. The molecule has 1 aliphatic heterocycles. The SMILES string of the molecule is N=C1CCCN1N. The molecular weight excluding hydrogens is 90.1 g/mol. The largest absolute Gasteiger partial charge is 0.299 e. The van der Waals surface area contributed by atoms with E-state index in [0.29, 0.717) is 5.84 Å². The average molecular weight is 99.1 g/mol. The van der Waals surface area contributed by atoms with Gasteiger partial charge in [0.25, 0.3) is 0 Å². The predicted molar refractivity (Wildman–Crippen MR) is 27.9 cm³/mol. The Morgan fingerprint density at radius 3 is 2.57 bits per heavy atom. The van der Waals surface area contributed by atoms with Crippen LogP contribution in [0.5, 0.6) is 0 Å². The van der Waals surface area contributed by atoms with Crippen LogP contribution in [0.3, 0.4) is 0 Å². The molecule has 1 rings (SSSR count). The average Bonchev–Trinajstić information content (AvgIpc) is 1.91. The number of amidine groups is 1. The molecule has 0 saturated carbocycles. The summed E-state index contributed by atoms with van der Waals surface area (Å²) >= 11 is 0. The molecule has 1 aliphatic rings. The van der Waals surface area contributed by atoms with E-state index < -0.39 is 0 Å². The number of hydrogen-bond donors (Lipinski definition) is 2. The third kappa shape index (κ3) is 0.718. The summed E-state index contributed by atoms with van der Waals surface area (Å²) in [5.74, 6) is 5.86. The lowest BCUT2D eigenvalue weighted by Crippen LogP contribution is -2.30. The summed E-state index contributed by atoms with van der Waals surface area (Å²) in [6, 6.07) is 0. The van der Waals surface area contributed by atoms with E-state index in [9.17, 15) is 0 Å². The van der Waals surface area contributed by atoms with E-state index in [0.717, 1.165) is 19.4 Å². The number of nitrogens with two attached hydrogens (primary N) is 1. The highest BCUT2D eigenvalue weighted by Crippen LogP contribution is 2.03. The second-order valence-electron chi connectivity index (χ2n) is 1.74. The summed E-state index contributed by atoms with van der Waals surface area (Å²) in [4.78, 5) is 0. The van der Waals surface area contributed by atoms with Gasteiger partial charge in [-0.3, -0.25) is 10.4 Å². The number of nitrogens with one attached hydrogen (secondary N) is 1. The molecule has 3 heteroatoms. The van der Waals surface area contributed by atoms with Crippen molar-refractivity contribution in [3.05, 3.63) is 0 Å². The molecule has 40 valence electrons. The van der Waals surface area contributed by atoms with Crippen LogP contribution in [0.25, 0.3) is 0 Å². The van der Waals surface area contributed by atoms with E-state index in [-0.39, 0.29) is 0 Å². The number of rotatable bonds is 0. The van der Waals surface area contributed by atoms with Crippen molar-refractivity contribution in [2.24, 2.45) is 5.84 Å². The van der Waals surface area contributed by atoms with Crippen LogP contribution in [0.4, 0.5) is 0 Å². The van der Waals surface area contributed by atoms with Crippen molar-refractivity contribution in [2.75, 3.05) is 6.54 Å². The van der Waals surface area contributed by atoms with Gasteiger partial charge >= 0.3 is 0 Å². The Morgan fingerprint density at radius 2 is 2.43 bits per heavy atom. The van der Waals surface area contributed by atoms with Gasteiger partial charge in [0.1, 0.15) is 5.84 Å². The van der Waals surface area contributed by atoms with Crippen molar-refractivity contribution in [2.45, 2.75) is 12.8 Å². The van der Waals surface area contributed by atoms with Crippen LogP contribution in [0.2, 0.25) is 0 Å². The van der Waals surface area contributed by atoms with Gasteiger partial charge in [-0.15, -0.1) is 0 Å². The molecule has 0 aromatic carbocycles. The molecule has 0 amide bonds. The molecule has 3 N–H and O–H groups in total. The van der Waals surface area contributed by atoms with Crippen molar-refractivity contribution < 1.29 is 0 Å². The molecule has 0 unspecified atom stereocenters. The lowest BCUT2D eigenvalue weighted by molar-refractivity contribution is 0.477. The van der Waals surface area contributed by atoms with Crippen LogP contribution >= 0.6 is 0 Å². The molecule has 1 fully saturated rings. The van der Waals surface area contributed by atoms with Crippen LogP contribution in [0, 0.1) is 5.41 Å². The molecule has 3 nitrogen and oxygen atoms in total. The van der Waals surface area contributed by atoms with Gasteiger partial charge < -0.3 is 0 Å². The molecule has 1 heterocycles. The van der Waals surface area contributed by atoms with E-state index in [1.807, 2.05) is 0 Å². The monoisotopic (exact) mass is 99.1 g/mol. The van der Waals surface area contributed by atoms with Gasteiger partial charge in [-0.1, -0.05) is 0 Å². The summed E-state index contributed by atoms with van der Waals surface area (Å²) < 4.78 is 0. The molecule has 0 aromatic heterocycles. The molecule has 0 spiro atoms. The second kappa shape index (κ2) is 1.50. The minimum Gasteiger partial charge on any atom is -0.299 e. The van der Waals surface area contributed by atoms with Gasteiger partial charge in [0.05, 0.1) is 0 Å². The molecule has 1 saturated heterocycles. The smallest absolute Gasteiger partial charge is 0.110 e. The Bertz CT molecular complexity index is 88.9. The molecule has 0 aromatic rings. The summed E-state index contributed by atoms with van der Waals surface area (Å²) in [6.45, 7) is 0.860. The molecule has 0 radical (unpaired) electrons. The van der Waals surface area contributed by atoms with Gasteiger partial charge in [0.15, 0.2) is 0 Å². The number of hydrazine groups is 1. The summed E-state index contributed by atoms with van der Waals surface area (Å²) in [5.41, 5.74) is 0. The Balaban J connectivity index is 2.48. The van der Waals surface area contributed by atoms with E-state index in [1.165, 1.54) is 5.01 Å². The maximum absolute atomic E-state index is 7.06. The van der Waals surface area contributed by atoms with Crippen LogP contribution in [-0.2, 0) is 0 Å². The first kappa shape index (κ1) is 4.59. The molecule has 7 heavy (non-hydrogen) atoms. The standard InChI is InChI=1S/C4H9N3/c5-4-2-1-3-7(4)6/h5H,1-3,6H2. The third-order valence-corrected chi connectivity index (χ3v) is 1.16. The van der Waals surface area contributed by atoms with Crippen molar-refractivity contribution in [1.82, 2.24) is 5.01 Å². The zero-order valence-electron chi connectivity index (χ0n) is 4.15. The Kier molecular flexibility index (Phi) is 0.982. The first-order chi connectivity index (χ1) is 3.30. The van der Waals surface area contributed by atoms with Crippen molar-refractivity contribution in [3.8, 4) is 0 Å². The van der Waals surface area contributed by atoms with Crippen LogP contribution in [-0.4, -0.2) is 17.4 Å². The Morgan fingerprint density at radius 1 is 1.71 bits per heavy atom. The normalized spacial score (nSPS) is 21.3. The summed E-state index contributed by atoms with van der Waals surface area (Å²) in [5, 5.41) is 8.54. The van der Waals surface area contributed by atoms with Gasteiger partial charge in [0.2, 0.25) is 0 Å². The van der Waals surface area contributed by atoms with Crippen LogP contribution < -0.4 is 5.84 Å². The first-order valence-electron chi connectivity index (χ1n) is 2.40. The number of nitrogens with zero attached hydrogens (tertiary/aromatic N) is 1. The minimum absolute atomic E-state index is 0.569. The quantitative estimate of drug-likeness (QED) is 0.418. The zero-order valence-corrected chi connectivity index (χ0v) is 4.15. The van der Waals surface area contributed by atoms with E-state index in [1.54, 1.807) is 0 Å². The Hall–Kier alpha value is -0.570. The highest BCUT2D eigenvalue weighted by atomic mass is 15.4. The highest BCUT2D eigenvalue weighted by molar-refractivity contribution is 5.80. The number of hydrogen-bond acceptors (Lipinski definition) is 2. The van der Waals surface area contributed by atoms with Crippen molar-refractivity contribution in [3.63, 3.8) is 0 Å². The lowest BCUT2D eigenvalue weighted by Gasteiger charge is -2.06. The summed E-state index contributed by atoms with van der Waals surface area (Å²) in [7, 11) is 0. The fourth-order valence-electron chi connectivity index (χ4n) is 0.695. The van der Waals surface area contributed by atoms with E-state index in [4.69, 9.17) is 11.3 Å². The van der Waals surface area contributed by atoms with Crippen LogP contribution in [0.1, 0.15) is 12.8 Å². The van der Waals surface area contributed by atoms with Gasteiger partial charge in [-0.05, 0) is 6.42 Å². The fraction of sp³-hybridized carbons (Fsp3) is 0.750. The maximum atomic E-state index is 7.06. The zero-order chi connectivity index (χ0) is 5.28. The van der Waals surface area contributed by atoms with Gasteiger partial charge in [-0.25, -0.2) is 5.84 Å². The Labute approximate surface area is 42.6 Å². The molecule has 0 atom stereocenters. The van der Waals surface area contributed by atoms with Crippen molar-refractivity contribution in [1.29, 1.82) is 5.41 Å². The molecular formula is C4H9N3.